The van der Waals surface area contributed by atoms with E-state index in [2.05, 4.69) is 15.0 Å². The average molecular weight is 266 g/mol. The molecule has 4 rings (SSSR count). The Morgan fingerprint density at radius 1 is 1.39 bits per heavy atom. The lowest BCUT2D eigenvalue weighted by Gasteiger charge is -2.20. The third kappa shape index (κ3) is 1.26. The molecule has 2 aliphatic rings. The van der Waals surface area contributed by atoms with Crippen molar-refractivity contribution in [3.8, 4) is 0 Å². The monoisotopic (exact) mass is 265 g/mol. The Balaban J connectivity index is 1.95. The van der Waals surface area contributed by atoms with Crippen molar-refractivity contribution in [2.24, 2.45) is 18.9 Å². The highest BCUT2D eigenvalue weighted by atomic mass is 35.5. The van der Waals surface area contributed by atoms with Crippen LogP contribution in [0.25, 0.3) is 11.2 Å². The van der Waals surface area contributed by atoms with Gasteiger partial charge in [-0.1, -0.05) is 0 Å². The van der Waals surface area contributed by atoms with E-state index >= 15 is 0 Å². The van der Waals surface area contributed by atoms with E-state index < -0.39 is 0 Å². The Bertz CT molecular complexity index is 695. The number of halogens is 1. The van der Waals surface area contributed by atoms with Gasteiger partial charge in [-0.3, -0.25) is 4.57 Å². The highest BCUT2D eigenvalue weighted by Crippen LogP contribution is 2.44. The number of imidazole rings is 1. The van der Waals surface area contributed by atoms with Crippen LogP contribution in [0.5, 0.6) is 0 Å². The molecule has 18 heavy (non-hydrogen) atoms. The zero-order valence-electron chi connectivity index (χ0n) is 9.88. The van der Waals surface area contributed by atoms with E-state index in [1.165, 1.54) is 6.42 Å². The fourth-order valence-electron chi connectivity index (χ4n) is 2.87. The normalized spacial score (nSPS) is 25.8. The van der Waals surface area contributed by atoms with Crippen LogP contribution in [0.3, 0.4) is 0 Å². The number of piperidine rings is 1. The molecule has 2 atom stereocenters. The first kappa shape index (κ1) is 10.4. The minimum absolute atomic E-state index is 0.0807. The van der Waals surface area contributed by atoms with Crippen LogP contribution in [-0.2, 0) is 7.05 Å². The first-order valence-corrected chi connectivity index (χ1v) is 6.38. The molecule has 1 saturated heterocycles. The van der Waals surface area contributed by atoms with Crippen molar-refractivity contribution in [1.82, 2.24) is 19.2 Å². The first-order valence-electron chi connectivity index (χ1n) is 6.00. The first-order chi connectivity index (χ1) is 8.65. The van der Waals surface area contributed by atoms with Gasteiger partial charge in [-0.25, -0.2) is 9.78 Å². The zero-order chi connectivity index (χ0) is 12.4. The smallest absolute Gasteiger partial charge is 0.306 e. The highest BCUT2D eigenvalue weighted by molar-refractivity contribution is 6.28. The van der Waals surface area contributed by atoms with Crippen molar-refractivity contribution in [3.05, 3.63) is 22.0 Å². The lowest BCUT2D eigenvalue weighted by Crippen LogP contribution is -2.41. The Hall–Kier alpha value is -1.56. The summed E-state index contributed by atoms with van der Waals surface area (Å²) >= 11 is 5.83. The van der Waals surface area contributed by atoms with Gasteiger partial charge in [0.25, 0.3) is 0 Å². The summed E-state index contributed by atoms with van der Waals surface area (Å²) < 4.78 is 3.21. The second-order valence-electron chi connectivity index (χ2n) is 5.13. The molecule has 6 nitrogen and oxygen atoms in total. The molecular formula is C11H12ClN5O. The Morgan fingerprint density at radius 3 is 2.83 bits per heavy atom. The largest absolute Gasteiger partial charge is 0.349 e. The second-order valence-corrected chi connectivity index (χ2v) is 5.47. The molecule has 0 aromatic carbocycles. The number of aryl methyl sites for hydroxylation is 1. The van der Waals surface area contributed by atoms with Crippen LogP contribution in [0.4, 0.5) is 0 Å². The summed E-state index contributed by atoms with van der Waals surface area (Å²) in [5.74, 6) is 1.51. The molecular weight excluding hydrogens is 254 g/mol. The topological polar surface area (TPSA) is 56.0 Å². The Kier molecular flexibility index (Phi) is 1.88. The van der Waals surface area contributed by atoms with E-state index in [-0.39, 0.29) is 11.0 Å². The van der Waals surface area contributed by atoms with Crippen molar-refractivity contribution < 1.29 is 0 Å². The number of fused-ring (bicyclic) bond motifs is 2. The van der Waals surface area contributed by atoms with E-state index in [1.54, 1.807) is 22.5 Å². The predicted molar refractivity (Wildman–Crippen MR) is 67.3 cm³/mol. The molecule has 2 unspecified atom stereocenters. The molecule has 2 aromatic heterocycles. The van der Waals surface area contributed by atoms with Gasteiger partial charge in [0, 0.05) is 20.1 Å². The summed E-state index contributed by atoms with van der Waals surface area (Å²) in [4.78, 5) is 20.4. The predicted octanol–water partition coefficient (Wildman–Crippen LogP) is 0.371. The fraction of sp³-hybridized carbons (Fsp3) is 0.545. The van der Waals surface area contributed by atoms with Crippen LogP contribution >= 0.6 is 11.6 Å². The van der Waals surface area contributed by atoms with Gasteiger partial charge in [0.2, 0.25) is 5.28 Å². The van der Waals surface area contributed by atoms with Gasteiger partial charge >= 0.3 is 5.69 Å². The molecule has 94 valence electrons. The molecule has 2 aromatic rings. The molecule has 0 amide bonds. The van der Waals surface area contributed by atoms with Crippen LogP contribution in [-0.4, -0.2) is 32.3 Å². The SMILES string of the molecule is Cn1c(=O)n(N2CC3CC3C2)c2nc(Cl)ncc21. The number of rotatable bonds is 1. The van der Waals surface area contributed by atoms with Gasteiger partial charge in [-0.2, -0.15) is 9.66 Å². The van der Waals surface area contributed by atoms with E-state index in [0.29, 0.717) is 11.2 Å². The summed E-state index contributed by atoms with van der Waals surface area (Å²) in [6.07, 6.45) is 2.89. The molecule has 7 heteroatoms. The third-order valence-electron chi connectivity index (χ3n) is 3.99. The van der Waals surface area contributed by atoms with E-state index in [1.807, 2.05) is 0 Å². The summed E-state index contributed by atoms with van der Waals surface area (Å²) in [6, 6.07) is 0. The molecule has 1 aliphatic carbocycles. The summed E-state index contributed by atoms with van der Waals surface area (Å²) in [7, 11) is 1.73. The molecule has 1 saturated carbocycles. The van der Waals surface area contributed by atoms with Gasteiger partial charge in [0.05, 0.1) is 6.20 Å². The van der Waals surface area contributed by atoms with Crippen molar-refractivity contribution >= 4 is 22.8 Å². The fourth-order valence-corrected chi connectivity index (χ4v) is 2.99. The second kappa shape index (κ2) is 3.26. The summed E-state index contributed by atoms with van der Waals surface area (Å²) in [5.41, 5.74) is 1.23. The maximum atomic E-state index is 12.3. The van der Waals surface area contributed by atoms with Crippen molar-refractivity contribution in [1.29, 1.82) is 0 Å². The molecule has 3 heterocycles. The quantitative estimate of drug-likeness (QED) is 0.699. The van der Waals surface area contributed by atoms with Crippen LogP contribution in [0, 0.1) is 11.8 Å². The van der Waals surface area contributed by atoms with E-state index in [0.717, 1.165) is 24.9 Å². The maximum Gasteiger partial charge on any atom is 0.349 e. The Morgan fingerprint density at radius 2 is 2.11 bits per heavy atom. The maximum absolute atomic E-state index is 12.3. The van der Waals surface area contributed by atoms with Gasteiger partial charge in [-0.05, 0) is 29.9 Å². The zero-order valence-corrected chi connectivity index (χ0v) is 10.6. The number of hydrogen-bond donors (Lipinski definition) is 0. The molecule has 0 bridgehead atoms. The van der Waals surface area contributed by atoms with Crippen molar-refractivity contribution in [2.75, 3.05) is 18.1 Å². The van der Waals surface area contributed by atoms with Crippen molar-refractivity contribution in [3.63, 3.8) is 0 Å². The number of nitrogens with zero attached hydrogens (tertiary/aromatic N) is 5. The summed E-state index contributed by atoms with van der Waals surface area (Å²) in [5, 5.41) is 2.25. The molecule has 1 aliphatic heterocycles. The van der Waals surface area contributed by atoms with Crippen LogP contribution in [0.1, 0.15) is 6.42 Å². The van der Waals surface area contributed by atoms with Crippen molar-refractivity contribution in [2.45, 2.75) is 6.42 Å². The van der Waals surface area contributed by atoms with Crippen LogP contribution in [0.2, 0.25) is 5.28 Å². The lowest BCUT2D eigenvalue weighted by molar-refractivity contribution is 0.591. The van der Waals surface area contributed by atoms with Crippen LogP contribution < -0.4 is 10.7 Å². The Labute approximate surface area is 108 Å². The highest BCUT2D eigenvalue weighted by Gasteiger charge is 2.46. The number of hydrogen-bond acceptors (Lipinski definition) is 4. The van der Waals surface area contributed by atoms with Gasteiger partial charge < -0.3 is 5.01 Å². The molecule has 0 N–H and O–H groups in total. The molecule has 2 fully saturated rings. The lowest BCUT2D eigenvalue weighted by atomic mass is 10.4. The van der Waals surface area contributed by atoms with Gasteiger partial charge in [0.1, 0.15) is 5.52 Å². The summed E-state index contributed by atoms with van der Waals surface area (Å²) in [6.45, 7) is 1.87. The van der Waals surface area contributed by atoms with E-state index in [4.69, 9.17) is 11.6 Å². The molecule has 0 spiro atoms. The van der Waals surface area contributed by atoms with E-state index in [9.17, 15) is 4.79 Å². The molecule has 0 radical (unpaired) electrons. The number of aromatic nitrogens is 4. The minimum Gasteiger partial charge on any atom is -0.306 e. The standard InChI is InChI=1S/C11H12ClN5O/c1-15-8-3-13-10(12)14-9(8)17(11(15)18)16-4-6-2-7(6)5-16/h3,6-7H,2,4-5H2,1H3. The van der Waals surface area contributed by atoms with Gasteiger partial charge in [-0.15, -0.1) is 0 Å². The van der Waals surface area contributed by atoms with Crippen LogP contribution in [0.15, 0.2) is 11.0 Å². The third-order valence-corrected chi connectivity index (χ3v) is 4.18. The minimum atomic E-state index is -0.0807. The average Bonchev–Trinajstić information content (AvgIpc) is 2.87. The van der Waals surface area contributed by atoms with Gasteiger partial charge in [0.15, 0.2) is 5.65 Å².